The number of carboxylic acid groups (broad SMARTS) is 1. The zero-order chi connectivity index (χ0) is 24.1. The number of nitrogens with two attached hydrogens (primary N) is 3. The zero-order valence-electron chi connectivity index (χ0n) is 18.7. The summed E-state index contributed by atoms with van der Waals surface area (Å²) in [6.07, 6.45) is 0.140. The number of aliphatic carboxylic acids is 1. The molecule has 176 valence electrons. The van der Waals surface area contributed by atoms with Crippen molar-refractivity contribution < 1.29 is 24.1 Å². The number of aryl methyl sites for hydroxylation is 1. The lowest BCUT2D eigenvalue weighted by molar-refractivity contribution is -0.138. The SMILES string of the molecule is COc1cc(NCc2ccc3nc(N)nc(N)c3c2C)cc(OC)c1OCC[C@H](N)C(=O)O. The number of fused-ring (bicyclic) bond motifs is 1. The molecule has 11 heteroatoms. The van der Waals surface area contributed by atoms with Crippen LogP contribution < -0.4 is 36.7 Å². The third-order valence-electron chi connectivity index (χ3n) is 5.22. The second kappa shape index (κ2) is 10.1. The standard InChI is InChI=1S/C22H28N6O5/c1-11-12(4-5-15-18(11)20(24)28-22(25)27-15)10-26-13-8-16(31-2)19(17(9-13)32-3)33-7-6-14(23)21(29)30/h4-5,8-9,14,26H,6-7,10,23H2,1-3H3,(H,29,30)(H4,24,25,27,28)/t14-/m0/s1. The summed E-state index contributed by atoms with van der Waals surface area (Å²) < 4.78 is 16.6. The van der Waals surface area contributed by atoms with Crippen LogP contribution in [0.25, 0.3) is 10.9 Å². The van der Waals surface area contributed by atoms with E-state index < -0.39 is 12.0 Å². The van der Waals surface area contributed by atoms with Crippen molar-refractivity contribution in [3.63, 3.8) is 0 Å². The molecule has 0 amide bonds. The predicted octanol–water partition coefficient (Wildman–Crippen LogP) is 1.91. The Bertz CT molecular complexity index is 1140. The number of aromatic nitrogens is 2. The van der Waals surface area contributed by atoms with Crippen LogP contribution in [0, 0.1) is 6.92 Å². The van der Waals surface area contributed by atoms with Crippen molar-refractivity contribution >= 4 is 34.3 Å². The van der Waals surface area contributed by atoms with Crippen molar-refractivity contribution in [2.75, 3.05) is 37.6 Å². The van der Waals surface area contributed by atoms with Gasteiger partial charge in [-0.2, -0.15) is 4.98 Å². The molecule has 8 N–H and O–H groups in total. The Labute approximate surface area is 190 Å². The highest BCUT2D eigenvalue weighted by Gasteiger charge is 2.17. The number of nitrogen functional groups attached to an aromatic ring is 2. The molecule has 0 aliphatic heterocycles. The fourth-order valence-electron chi connectivity index (χ4n) is 3.41. The first kappa shape index (κ1) is 23.7. The second-order valence-electron chi connectivity index (χ2n) is 7.36. The first-order valence-corrected chi connectivity index (χ1v) is 10.2. The zero-order valence-corrected chi connectivity index (χ0v) is 18.7. The molecule has 1 aromatic heterocycles. The van der Waals surface area contributed by atoms with Crippen LogP contribution in [0.5, 0.6) is 17.2 Å². The third-order valence-corrected chi connectivity index (χ3v) is 5.22. The molecule has 2 aromatic carbocycles. The van der Waals surface area contributed by atoms with Crippen molar-refractivity contribution in [2.24, 2.45) is 5.73 Å². The highest BCUT2D eigenvalue weighted by molar-refractivity contribution is 5.92. The Hall–Kier alpha value is -3.99. The normalized spacial score (nSPS) is 11.8. The average Bonchev–Trinajstić information content (AvgIpc) is 2.78. The van der Waals surface area contributed by atoms with E-state index >= 15 is 0 Å². The van der Waals surface area contributed by atoms with Crippen LogP contribution in [0.15, 0.2) is 24.3 Å². The molecule has 0 spiro atoms. The van der Waals surface area contributed by atoms with Crippen LogP contribution in [-0.2, 0) is 11.3 Å². The number of hydrogen-bond acceptors (Lipinski definition) is 10. The highest BCUT2D eigenvalue weighted by atomic mass is 16.5. The molecule has 3 aromatic rings. The first-order valence-electron chi connectivity index (χ1n) is 10.2. The summed E-state index contributed by atoms with van der Waals surface area (Å²) in [6.45, 7) is 2.54. The van der Waals surface area contributed by atoms with Gasteiger partial charge in [0.2, 0.25) is 11.7 Å². The topological polar surface area (TPSA) is 181 Å². The quantitative estimate of drug-likeness (QED) is 0.300. The molecule has 3 rings (SSSR count). The number of carboxylic acids is 1. The maximum atomic E-state index is 10.9. The smallest absolute Gasteiger partial charge is 0.320 e. The number of anilines is 3. The lowest BCUT2D eigenvalue weighted by atomic mass is 10.0. The van der Waals surface area contributed by atoms with Crippen LogP contribution in [0.1, 0.15) is 17.5 Å². The minimum atomic E-state index is -1.09. The summed E-state index contributed by atoms with van der Waals surface area (Å²) in [5.41, 5.74) is 20.7. The molecule has 0 radical (unpaired) electrons. The summed E-state index contributed by atoms with van der Waals surface area (Å²) >= 11 is 0. The van der Waals surface area contributed by atoms with Gasteiger partial charge in [0, 0.05) is 36.2 Å². The van der Waals surface area contributed by atoms with E-state index in [9.17, 15) is 4.79 Å². The van der Waals surface area contributed by atoms with Gasteiger partial charge in [-0.1, -0.05) is 6.07 Å². The monoisotopic (exact) mass is 456 g/mol. The van der Waals surface area contributed by atoms with Crippen molar-refractivity contribution in [3.05, 3.63) is 35.4 Å². The van der Waals surface area contributed by atoms with Gasteiger partial charge in [-0.15, -0.1) is 0 Å². The van der Waals surface area contributed by atoms with Crippen LogP contribution in [0.4, 0.5) is 17.5 Å². The Kier molecular flexibility index (Phi) is 7.23. The van der Waals surface area contributed by atoms with Crippen molar-refractivity contribution in [1.29, 1.82) is 0 Å². The van der Waals surface area contributed by atoms with E-state index in [1.54, 1.807) is 12.1 Å². The molecule has 1 atom stereocenters. The second-order valence-corrected chi connectivity index (χ2v) is 7.36. The van der Waals surface area contributed by atoms with Gasteiger partial charge in [-0.05, 0) is 24.1 Å². The van der Waals surface area contributed by atoms with Crippen molar-refractivity contribution in [3.8, 4) is 17.2 Å². The van der Waals surface area contributed by atoms with E-state index in [0.29, 0.717) is 35.1 Å². The molecule has 0 aliphatic carbocycles. The number of nitrogens with zero attached hydrogens (tertiary/aromatic N) is 2. The molecular formula is C22H28N6O5. The Balaban J connectivity index is 1.80. The van der Waals surface area contributed by atoms with Gasteiger partial charge in [-0.3, -0.25) is 4.79 Å². The highest BCUT2D eigenvalue weighted by Crippen LogP contribution is 2.40. The molecule has 0 unspecified atom stereocenters. The molecule has 0 aliphatic rings. The van der Waals surface area contributed by atoms with Gasteiger partial charge in [0.1, 0.15) is 11.9 Å². The molecule has 33 heavy (non-hydrogen) atoms. The number of methoxy groups -OCH3 is 2. The minimum Gasteiger partial charge on any atom is -0.493 e. The summed E-state index contributed by atoms with van der Waals surface area (Å²) in [4.78, 5) is 19.2. The molecule has 0 fully saturated rings. The molecule has 11 nitrogen and oxygen atoms in total. The van der Waals surface area contributed by atoms with E-state index in [1.807, 2.05) is 19.1 Å². The van der Waals surface area contributed by atoms with Gasteiger partial charge < -0.3 is 41.8 Å². The minimum absolute atomic E-state index is 0.0945. The van der Waals surface area contributed by atoms with E-state index in [0.717, 1.165) is 22.2 Å². The average molecular weight is 457 g/mol. The number of hydrogen-bond donors (Lipinski definition) is 5. The van der Waals surface area contributed by atoms with Crippen LogP contribution >= 0.6 is 0 Å². The summed E-state index contributed by atoms with van der Waals surface area (Å²) in [7, 11) is 3.02. The number of ether oxygens (including phenoxy) is 3. The Morgan fingerprint density at radius 1 is 1.15 bits per heavy atom. The summed E-state index contributed by atoms with van der Waals surface area (Å²) in [5.74, 6) is 0.625. The molecule has 0 bridgehead atoms. The van der Waals surface area contributed by atoms with Gasteiger partial charge in [0.15, 0.2) is 11.5 Å². The lowest BCUT2D eigenvalue weighted by Gasteiger charge is -2.18. The number of benzene rings is 2. The Morgan fingerprint density at radius 2 is 1.82 bits per heavy atom. The first-order chi connectivity index (χ1) is 15.7. The third kappa shape index (κ3) is 5.26. The maximum Gasteiger partial charge on any atom is 0.320 e. The molecule has 1 heterocycles. The summed E-state index contributed by atoms with van der Waals surface area (Å²) in [6, 6.07) is 6.33. The Morgan fingerprint density at radius 3 is 2.42 bits per heavy atom. The largest absolute Gasteiger partial charge is 0.493 e. The number of rotatable bonds is 10. The molecular weight excluding hydrogens is 428 g/mol. The van der Waals surface area contributed by atoms with Gasteiger partial charge >= 0.3 is 5.97 Å². The van der Waals surface area contributed by atoms with Gasteiger partial charge in [-0.25, -0.2) is 4.98 Å². The maximum absolute atomic E-state index is 10.9. The van der Waals surface area contributed by atoms with Crippen LogP contribution in [0.3, 0.4) is 0 Å². The fourth-order valence-corrected chi connectivity index (χ4v) is 3.41. The van der Waals surface area contributed by atoms with E-state index in [4.69, 9.17) is 36.5 Å². The van der Waals surface area contributed by atoms with Gasteiger partial charge in [0.05, 0.1) is 26.3 Å². The number of carbonyl (C=O) groups is 1. The van der Waals surface area contributed by atoms with Gasteiger partial charge in [0.25, 0.3) is 0 Å². The predicted molar refractivity (Wildman–Crippen MR) is 126 cm³/mol. The fraction of sp³-hybridized carbons (Fsp3) is 0.318. The lowest BCUT2D eigenvalue weighted by Crippen LogP contribution is -2.31. The van der Waals surface area contributed by atoms with Crippen molar-refractivity contribution in [1.82, 2.24) is 9.97 Å². The van der Waals surface area contributed by atoms with E-state index in [2.05, 4.69) is 15.3 Å². The van der Waals surface area contributed by atoms with E-state index in [1.165, 1.54) is 14.2 Å². The van der Waals surface area contributed by atoms with Crippen LogP contribution in [0.2, 0.25) is 0 Å². The van der Waals surface area contributed by atoms with Crippen LogP contribution in [-0.4, -0.2) is 47.9 Å². The van der Waals surface area contributed by atoms with Crippen molar-refractivity contribution in [2.45, 2.75) is 25.9 Å². The molecule has 0 saturated carbocycles. The van der Waals surface area contributed by atoms with E-state index in [-0.39, 0.29) is 19.0 Å². The summed E-state index contributed by atoms with van der Waals surface area (Å²) in [5, 5.41) is 13.0. The number of nitrogens with one attached hydrogen (secondary N) is 1. The molecule has 0 saturated heterocycles.